The van der Waals surface area contributed by atoms with Crippen LogP contribution in [0.4, 0.5) is 0 Å². The number of allylic oxidation sites excluding steroid dienone is 5. The molecule has 0 bridgehead atoms. The van der Waals surface area contributed by atoms with Gasteiger partial charge in [-0.1, -0.05) is 58.9 Å². The lowest BCUT2D eigenvalue weighted by Gasteiger charge is -2.08. The summed E-state index contributed by atoms with van der Waals surface area (Å²) < 4.78 is 0. The first-order valence-corrected chi connectivity index (χ1v) is 9.40. The van der Waals surface area contributed by atoms with E-state index in [-0.39, 0.29) is 0 Å². The molecule has 0 aliphatic heterocycles. The van der Waals surface area contributed by atoms with E-state index in [0.717, 1.165) is 10.7 Å². The van der Waals surface area contributed by atoms with Crippen LogP contribution in [0, 0.1) is 18.8 Å². The molecule has 0 aliphatic carbocycles. The van der Waals surface area contributed by atoms with E-state index in [4.69, 9.17) is 5.73 Å². The maximum absolute atomic E-state index is 5.31. The third-order valence-electron chi connectivity index (χ3n) is 2.73. The van der Waals surface area contributed by atoms with Crippen molar-refractivity contribution >= 4 is 11.3 Å². The van der Waals surface area contributed by atoms with Crippen LogP contribution in [0.25, 0.3) is 0 Å². The molecule has 0 radical (unpaired) electrons. The van der Waals surface area contributed by atoms with E-state index in [1.165, 1.54) is 5.57 Å². The molecule has 3 heteroatoms. The molecular weight excluding hydrogens is 312 g/mol. The first kappa shape index (κ1) is 27.4. The quantitative estimate of drug-likeness (QED) is 0.473. The zero-order valence-corrected chi connectivity index (χ0v) is 17.6. The molecule has 0 spiro atoms. The molecule has 0 aliphatic rings. The van der Waals surface area contributed by atoms with Crippen LogP contribution in [0.15, 0.2) is 55.0 Å². The summed E-state index contributed by atoms with van der Waals surface area (Å²) in [4.78, 5) is 4.12. The summed E-state index contributed by atoms with van der Waals surface area (Å²) in [6.45, 7) is 24.9. The predicted molar refractivity (Wildman–Crippen MR) is 114 cm³/mol. The molecule has 1 unspecified atom stereocenters. The summed E-state index contributed by atoms with van der Waals surface area (Å²) in [5.41, 5.74) is 7.69. The summed E-state index contributed by atoms with van der Waals surface area (Å²) in [5.74, 6) is 1.07. The summed E-state index contributed by atoms with van der Waals surface area (Å²) in [6, 6.07) is 0. The van der Waals surface area contributed by atoms with Crippen molar-refractivity contribution in [3.05, 3.63) is 65.7 Å². The summed E-state index contributed by atoms with van der Waals surface area (Å²) in [5, 5.41) is 3.07. The Bertz CT molecular complexity index is 456. The van der Waals surface area contributed by atoms with Gasteiger partial charge >= 0.3 is 0 Å². The van der Waals surface area contributed by atoms with E-state index >= 15 is 0 Å². The van der Waals surface area contributed by atoms with E-state index in [9.17, 15) is 0 Å². The molecule has 2 nitrogen and oxygen atoms in total. The van der Waals surface area contributed by atoms with Gasteiger partial charge in [0, 0.05) is 11.9 Å². The van der Waals surface area contributed by atoms with Crippen molar-refractivity contribution in [3.63, 3.8) is 0 Å². The minimum absolute atomic E-state index is 0.471. The van der Waals surface area contributed by atoms with E-state index in [2.05, 4.69) is 70.6 Å². The van der Waals surface area contributed by atoms with Crippen LogP contribution in [0.1, 0.15) is 52.2 Å². The summed E-state index contributed by atoms with van der Waals surface area (Å²) >= 11 is 1.64. The smallest absolute Gasteiger partial charge is 0.0897 e. The first-order valence-electron chi connectivity index (χ1n) is 8.52. The Labute approximate surface area is 154 Å². The van der Waals surface area contributed by atoms with Crippen LogP contribution in [0.5, 0.6) is 0 Å². The molecule has 0 fully saturated rings. The number of aromatic nitrogens is 1. The summed E-state index contributed by atoms with van der Waals surface area (Å²) in [7, 11) is 0. The standard InChI is InChI=1S/C12H20.C5H8N2S.C2H6.C2H4/c1-6-8-12(10(3)4)9-11(5)7-2;1-4-7-5(2-6)3-8-4;2*1-2/h6-11H,2H2,1,3-5H3;3H,2,6H2,1H3;1-2H3;1-2H2/b8-6-,12-9+;;;. The zero-order chi connectivity index (χ0) is 19.5. The second-order valence-corrected chi connectivity index (χ2v) is 6.04. The fraction of sp³-hybridized carbons (Fsp3) is 0.476. The highest BCUT2D eigenvalue weighted by Gasteiger charge is 1.99. The predicted octanol–water partition coefficient (Wildman–Crippen LogP) is 6.71. The van der Waals surface area contributed by atoms with Crippen LogP contribution in [-0.4, -0.2) is 4.98 Å². The van der Waals surface area contributed by atoms with Gasteiger partial charge in [0.25, 0.3) is 0 Å². The van der Waals surface area contributed by atoms with Gasteiger partial charge in [0.1, 0.15) is 0 Å². The molecule has 0 aromatic carbocycles. The van der Waals surface area contributed by atoms with E-state index in [1.807, 2.05) is 32.2 Å². The van der Waals surface area contributed by atoms with Gasteiger partial charge in [-0.25, -0.2) is 4.98 Å². The average molecular weight is 351 g/mol. The number of hydrogen-bond acceptors (Lipinski definition) is 3. The Kier molecular flexibility index (Phi) is 22.4. The van der Waals surface area contributed by atoms with Crippen LogP contribution in [0.3, 0.4) is 0 Å². The van der Waals surface area contributed by atoms with Crippen LogP contribution < -0.4 is 5.73 Å². The highest BCUT2D eigenvalue weighted by Crippen LogP contribution is 2.14. The van der Waals surface area contributed by atoms with Gasteiger partial charge in [0.15, 0.2) is 0 Å². The molecule has 1 aromatic rings. The minimum atomic E-state index is 0.471. The second kappa shape index (κ2) is 19.6. The monoisotopic (exact) mass is 350 g/mol. The molecule has 1 heterocycles. The van der Waals surface area contributed by atoms with Gasteiger partial charge in [-0.15, -0.1) is 31.1 Å². The van der Waals surface area contributed by atoms with Crippen molar-refractivity contribution in [1.82, 2.24) is 4.98 Å². The third kappa shape index (κ3) is 15.4. The fourth-order valence-electron chi connectivity index (χ4n) is 1.51. The van der Waals surface area contributed by atoms with Crippen molar-refractivity contribution in [2.24, 2.45) is 17.6 Å². The molecule has 1 rings (SSSR count). The molecule has 0 amide bonds. The lowest BCUT2D eigenvalue weighted by atomic mass is 9.98. The SMILES string of the molecule is C=C.C=CC(C)/C=C(\C=C/C)C(C)C.CC.Cc1nc(CN)cs1. The number of nitrogens with zero attached hydrogens (tertiary/aromatic N) is 1. The van der Waals surface area contributed by atoms with Gasteiger partial charge in [0.05, 0.1) is 10.7 Å². The number of rotatable bonds is 5. The van der Waals surface area contributed by atoms with Gasteiger partial charge in [-0.2, -0.15) is 0 Å². The average Bonchev–Trinajstić information content (AvgIpc) is 3.04. The van der Waals surface area contributed by atoms with E-state index in [1.54, 1.807) is 11.3 Å². The fourth-order valence-corrected chi connectivity index (χ4v) is 2.13. The minimum Gasteiger partial charge on any atom is -0.325 e. The molecule has 138 valence electrons. The normalized spacial score (nSPS) is 11.5. The van der Waals surface area contributed by atoms with Crippen molar-refractivity contribution in [1.29, 1.82) is 0 Å². The van der Waals surface area contributed by atoms with Crippen LogP contribution >= 0.6 is 11.3 Å². The summed E-state index contributed by atoms with van der Waals surface area (Å²) in [6.07, 6.45) is 8.48. The number of hydrogen-bond donors (Lipinski definition) is 1. The highest BCUT2D eigenvalue weighted by molar-refractivity contribution is 7.09. The van der Waals surface area contributed by atoms with E-state index in [0.29, 0.717) is 18.4 Å². The zero-order valence-electron chi connectivity index (χ0n) is 16.8. The van der Waals surface area contributed by atoms with Crippen molar-refractivity contribution in [2.45, 2.75) is 55.0 Å². The van der Waals surface area contributed by atoms with Crippen LogP contribution in [0.2, 0.25) is 0 Å². The van der Waals surface area contributed by atoms with Crippen molar-refractivity contribution < 1.29 is 0 Å². The molecule has 0 saturated carbocycles. The third-order valence-corrected chi connectivity index (χ3v) is 3.55. The second-order valence-electron chi connectivity index (χ2n) is 4.98. The largest absolute Gasteiger partial charge is 0.325 e. The number of aryl methyl sites for hydroxylation is 1. The Morgan fingerprint density at radius 3 is 2.08 bits per heavy atom. The van der Waals surface area contributed by atoms with Crippen LogP contribution in [-0.2, 0) is 6.54 Å². The molecule has 2 N–H and O–H groups in total. The molecule has 1 aromatic heterocycles. The van der Waals surface area contributed by atoms with Gasteiger partial charge in [-0.05, 0) is 31.3 Å². The molecule has 1 atom stereocenters. The maximum Gasteiger partial charge on any atom is 0.0897 e. The molecular formula is C21H38N2S. The Balaban J connectivity index is -0.000000317. The molecule has 0 saturated heterocycles. The van der Waals surface area contributed by atoms with Crippen molar-refractivity contribution in [2.75, 3.05) is 0 Å². The van der Waals surface area contributed by atoms with Gasteiger partial charge in [0.2, 0.25) is 0 Å². The maximum atomic E-state index is 5.31. The Morgan fingerprint density at radius 2 is 1.83 bits per heavy atom. The topological polar surface area (TPSA) is 38.9 Å². The van der Waals surface area contributed by atoms with E-state index < -0.39 is 0 Å². The first-order chi connectivity index (χ1) is 11.4. The van der Waals surface area contributed by atoms with Crippen molar-refractivity contribution in [3.8, 4) is 0 Å². The lowest BCUT2D eigenvalue weighted by Crippen LogP contribution is -1.95. The number of nitrogens with two attached hydrogens (primary N) is 1. The Hall–Kier alpha value is -1.45. The number of thiazole rings is 1. The van der Waals surface area contributed by atoms with Gasteiger partial charge in [-0.3, -0.25) is 0 Å². The highest BCUT2D eigenvalue weighted by atomic mass is 32.1. The van der Waals surface area contributed by atoms with Gasteiger partial charge < -0.3 is 5.73 Å². The Morgan fingerprint density at radius 1 is 1.29 bits per heavy atom. The lowest BCUT2D eigenvalue weighted by molar-refractivity contribution is 0.771. The molecule has 24 heavy (non-hydrogen) atoms.